The van der Waals surface area contributed by atoms with Crippen LogP contribution in [0.25, 0.3) is 0 Å². The highest BCUT2D eigenvalue weighted by Crippen LogP contribution is 2.26. The van der Waals surface area contributed by atoms with Crippen LogP contribution in [0.5, 0.6) is 0 Å². The minimum absolute atomic E-state index is 0.0722. The van der Waals surface area contributed by atoms with E-state index in [4.69, 9.17) is 16.9 Å². The van der Waals surface area contributed by atoms with Crippen molar-refractivity contribution in [3.05, 3.63) is 38.9 Å². The third-order valence-electron chi connectivity index (χ3n) is 3.30. The first-order valence-corrected chi connectivity index (χ1v) is 6.57. The van der Waals surface area contributed by atoms with Gasteiger partial charge in [0.05, 0.1) is 21.6 Å². The van der Waals surface area contributed by atoms with Gasteiger partial charge in [-0.25, -0.2) is 0 Å². The molecule has 1 heterocycles. The van der Waals surface area contributed by atoms with Gasteiger partial charge in [-0.05, 0) is 25.3 Å². The summed E-state index contributed by atoms with van der Waals surface area (Å²) in [5.74, 6) is -0.426. The van der Waals surface area contributed by atoms with Crippen LogP contribution in [-0.2, 0) is 0 Å². The van der Waals surface area contributed by atoms with E-state index >= 15 is 0 Å². The maximum Gasteiger partial charge on any atom is 0.270 e. The number of hydrogen-bond acceptors (Lipinski definition) is 4. The summed E-state index contributed by atoms with van der Waals surface area (Å²) in [4.78, 5) is 24.1. The first-order valence-electron chi connectivity index (χ1n) is 6.19. The number of carbonyl (C=O) groups excluding carboxylic acids is 1. The van der Waals surface area contributed by atoms with Gasteiger partial charge in [0.1, 0.15) is 6.04 Å². The molecule has 1 aromatic rings. The SMILES string of the molecule is N#CC1CCCCN1C(=O)c1cc([N+](=O)[O-])ccc1Cl. The maximum atomic E-state index is 12.4. The molecule has 20 heavy (non-hydrogen) atoms. The van der Waals surface area contributed by atoms with E-state index in [9.17, 15) is 14.9 Å². The number of nitro benzene ring substituents is 1. The Morgan fingerprint density at radius 2 is 2.25 bits per heavy atom. The van der Waals surface area contributed by atoms with Crippen molar-refractivity contribution in [2.45, 2.75) is 25.3 Å². The number of rotatable bonds is 2. The molecular weight excluding hydrogens is 282 g/mol. The van der Waals surface area contributed by atoms with Crippen molar-refractivity contribution in [1.82, 2.24) is 4.90 Å². The molecule has 0 aromatic heterocycles. The molecule has 6 nitrogen and oxygen atoms in total. The highest BCUT2D eigenvalue weighted by Gasteiger charge is 2.29. The Hall–Kier alpha value is -2.13. The van der Waals surface area contributed by atoms with Crippen molar-refractivity contribution < 1.29 is 9.72 Å². The lowest BCUT2D eigenvalue weighted by molar-refractivity contribution is -0.384. The van der Waals surface area contributed by atoms with Gasteiger partial charge in [-0.15, -0.1) is 0 Å². The molecule has 2 rings (SSSR count). The van der Waals surface area contributed by atoms with Crippen molar-refractivity contribution in [1.29, 1.82) is 5.26 Å². The molecule has 0 saturated carbocycles. The molecule has 1 unspecified atom stereocenters. The van der Waals surface area contributed by atoms with E-state index in [-0.39, 0.29) is 16.3 Å². The average molecular weight is 294 g/mol. The fourth-order valence-electron chi connectivity index (χ4n) is 2.25. The molecule has 1 aliphatic heterocycles. The third kappa shape index (κ3) is 2.73. The summed E-state index contributed by atoms with van der Waals surface area (Å²) in [6.45, 7) is 0.468. The molecule has 0 radical (unpaired) electrons. The fourth-order valence-corrected chi connectivity index (χ4v) is 2.45. The van der Waals surface area contributed by atoms with Crippen molar-refractivity contribution >= 4 is 23.2 Å². The second kappa shape index (κ2) is 5.88. The summed E-state index contributed by atoms with van der Waals surface area (Å²) in [5, 5.41) is 20.0. The smallest absolute Gasteiger partial charge is 0.270 e. The summed E-state index contributed by atoms with van der Waals surface area (Å²) < 4.78 is 0. The number of nitriles is 1. The van der Waals surface area contributed by atoms with Crippen molar-refractivity contribution in [3.8, 4) is 6.07 Å². The quantitative estimate of drug-likeness (QED) is 0.619. The summed E-state index contributed by atoms with van der Waals surface area (Å²) in [7, 11) is 0. The van der Waals surface area contributed by atoms with Crippen LogP contribution >= 0.6 is 11.6 Å². The Labute approximate surface area is 120 Å². The lowest BCUT2D eigenvalue weighted by atomic mass is 10.0. The third-order valence-corrected chi connectivity index (χ3v) is 3.63. The molecule has 0 aliphatic carbocycles. The molecule has 104 valence electrons. The van der Waals surface area contributed by atoms with E-state index in [2.05, 4.69) is 6.07 Å². The van der Waals surface area contributed by atoms with Gasteiger partial charge in [0.2, 0.25) is 0 Å². The molecule has 0 bridgehead atoms. The molecule has 1 aliphatic rings. The van der Waals surface area contributed by atoms with Gasteiger partial charge in [0.25, 0.3) is 11.6 Å². The van der Waals surface area contributed by atoms with Crippen molar-refractivity contribution in [2.24, 2.45) is 0 Å². The highest BCUT2D eigenvalue weighted by molar-refractivity contribution is 6.34. The highest BCUT2D eigenvalue weighted by atomic mass is 35.5. The monoisotopic (exact) mass is 293 g/mol. The van der Waals surface area contributed by atoms with Crippen LogP contribution in [0.3, 0.4) is 0 Å². The minimum atomic E-state index is -0.578. The van der Waals surface area contributed by atoms with E-state index in [0.29, 0.717) is 13.0 Å². The largest absolute Gasteiger partial charge is 0.323 e. The van der Waals surface area contributed by atoms with Gasteiger partial charge in [0.15, 0.2) is 0 Å². The van der Waals surface area contributed by atoms with E-state index in [1.54, 1.807) is 0 Å². The number of nitro groups is 1. The van der Waals surface area contributed by atoms with Crippen LogP contribution in [0.15, 0.2) is 18.2 Å². The number of nitrogens with zero attached hydrogens (tertiary/aromatic N) is 3. The normalized spacial score (nSPS) is 18.4. The molecule has 0 N–H and O–H groups in total. The zero-order chi connectivity index (χ0) is 14.7. The number of hydrogen-bond donors (Lipinski definition) is 0. The number of piperidine rings is 1. The molecular formula is C13H12ClN3O3. The van der Waals surface area contributed by atoms with Crippen LogP contribution < -0.4 is 0 Å². The minimum Gasteiger partial charge on any atom is -0.323 e. The first kappa shape index (κ1) is 14.3. The lowest BCUT2D eigenvalue weighted by Crippen LogP contribution is -2.43. The van der Waals surface area contributed by atoms with Gasteiger partial charge in [-0.1, -0.05) is 11.6 Å². The van der Waals surface area contributed by atoms with Gasteiger partial charge in [-0.3, -0.25) is 14.9 Å². The van der Waals surface area contributed by atoms with Gasteiger partial charge in [0, 0.05) is 18.7 Å². The summed E-state index contributed by atoms with van der Waals surface area (Å²) in [6.07, 6.45) is 2.33. The Bertz CT molecular complexity index is 597. The van der Waals surface area contributed by atoms with Crippen LogP contribution in [-0.4, -0.2) is 28.3 Å². The van der Waals surface area contributed by atoms with E-state index in [1.807, 2.05) is 0 Å². The van der Waals surface area contributed by atoms with E-state index in [0.717, 1.165) is 18.9 Å². The topological polar surface area (TPSA) is 87.2 Å². The zero-order valence-corrected chi connectivity index (χ0v) is 11.3. The number of amides is 1. The Kier molecular flexibility index (Phi) is 4.20. The zero-order valence-electron chi connectivity index (χ0n) is 10.6. The molecule has 1 atom stereocenters. The second-order valence-corrected chi connectivity index (χ2v) is 4.97. The van der Waals surface area contributed by atoms with Crippen molar-refractivity contribution in [2.75, 3.05) is 6.54 Å². The molecule has 1 fully saturated rings. The Balaban J connectivity index is 2.35. The Morgan fingerprint density at radius 3 is 2.90 bits per heavy atom. The second-order valence-electron chi connectivity index (χ2n) is 4.56. The van der Waals surface area contributed by atoms with Crippen LogP contribution in [0, 0.1) is 21.4 Å². The van der Waals surface area contributed by atoms with Gasteiger partial charge >= 0.3 is 0 Å². The lowest BCUT2D eigenvalue weighted by Gasteiger charge is -2.31. The summed E-state index contributed by atoms with van der Waals surface area (Å²) in [5.41, 5.74) is -0.119. The Morgan fingerprint density at radius 1 is 1.50 bits per heavy atom. The first-order chi connectivity index (χ1) is 9.54. The summed E-state index contributed by atoms with van der Waals surface area (Å²) >= 11 is 5.95. The summed E-state index contributed by atoms with van der Waals surface area (Å²) in [6, 6.07) is 5.33. The molecule has 1 saturated heterocycles. The maximum absolute atomic E-state index is 12.4. The molecule has 7 heteroatoms. The molecule has 1 amide bonds. The molecule has 0 spiro atoms. The number of benzene rings is 1. The van der Waals surface area contributed by atoms with Crippen LogP contribution in [0.2, 0.25) is 5.02 Å². The predicted octanol–water partition coefficient (Wildman–Crippen LogP) is 2.77. The number of non-ortho nitro benzene ring substituents is 1. The van der Waals surface area contributed by atoms with Gasteiger partial charge in [-0.2, -0.15) is 5.26 Å². The van der Waals surface area contributed by atoms with E-state index in [1.165, 1.54) is 17.0 Å². The number of likely N-dealkylation sites (tertiary alicyclic amines) is 1. The van der Waals surface area contributed by atoms with E-state index < -0.39 is 16.9 Å². The number of halogens is 1. The standard InChI is InChI=1S/C13H12ClN3O3/c14-12-5-4-9(17(19)20)7-11(12)13(18)16-6-2-1-3-10(16)8-15/h4-5,7,10H,1-3,6H2. The van der Waals surface area contributed by atoms with Crippen LogP contribution in [0.1, 0.15) is 29.6 Å². The number of carbonyl (C=O) groups is 1. The van der Waals surface area contributed by atoms with Gasteiger partial charge < -0.3 is 4.90 Å². The average Bonchev–Trinajstić information content (AvgIpc) is 2.46. The van der Waals surface area contributed by atoms with Crippen LogP contribution in [0.4, 0.5) is 5.69 Å². The predicted molar refractivity (Wildman–Crippen MR) is 72.4 cm³/mol. The molecule has 1 aromatic carbocycles. The van der Waals surface area contributed by atoms with Crippen molar-refractivity contribution in [3.63, 3.8) is 0 Å². The fraction of sp³-hybridized carbons (Fsp3) is 0.385.